The molecule has 0 atom stereocenters. The minimum absolute atomic E-state index is 0.400. The lowest BCUT2D eigenvalue weighted by Gasteiger charge is -2.46. The Morgan fingerprint density at radius 1 is 1.10 bits per heavy atom. The van der Waals surface area contributed by atoms with Gasteiger partial charge < -0.3 is 10.3 Å². The van der Waals surface area contributed by atoms with E-state index >= 15 is 0 Å². The van der Waals surface area contributed by atoms with Crippen LogP contribution in [0.4, 0.5) is 0 Å². The molecule has 1 aromatic heterocycles. The van der Waals surface area contributed by atoms with Gasteiger partial charge in [-0.1, -0.05) is 24.6 Å². The van der Waals surface area contributed by atoms with Crippen LogP contribution in [0, 0.1) is 0 Å². The number of benzene rings is 1. The van der Waals surface area contributed by atoms with E-state index in [2.05, 4.69) is 45.7 Å². The number of hydrogen-bond acceptors (Lipinski definition) is 2. The molecule has 2 heterocycles. The second kappa shape index (κ2) is 4.90. The third-order valence-corrected chi connectivity index (χ3v) is 5.21. The minimum Gasteiger partial charge on any atom is -0.361 e. The molecule has 3 nitrogen and oxygen atoms in total. The fourth-order valence-electron chi connectivity index (χ4n) is 3.92. The zero-order valence-corrected chi connectivity index (χ0v) is 12.0. The second-order valence-corrected chi connectivity index (χ2v) is 6.41. The maximum absolute atomic E-state index is 3.47. The lowest BCUT2D eigenvalue weighted by atomic mass is 9.64. The highest BCUT2D eigenvalue weighted by molar-refractivity contribution is 5.84. The average Bonchev–Trinajstić information content (AvgIpc) is 2.88. The van der Waals surface area contributed by atoms with Crippen LogP contribution in [0.25, 0.3) is 10.9 Å². The molecule has 0 spiro atoms. The van der Waals surface area contributed by atoms with Gasteiger partial charge in [0.2, 0.25) is 0 Å². The normalized spacial score (nSPS) is 22.8. The third-order valence-electron chi connectivity index (χ3n) is 5.21. The number of nitrogens with one attached hydrogen (secondary N) is 2. The number of aromatic nitrogens is 1. The van der Waals surface area contributed by atoms with E-state index in [1.54, 1.807) is 5.56 Å². The summed E-state index contributed by atoms with van der Waals surface area (Å²) in [6.45, 7) is 5.92. The zero-order valence-electron chi connectivity index (χ0n) is 12.0. The molecule has 2 fully saturated rings. The van der Waals surface area contributed by atoms with E-state index in [0.29, 0.717) is 5.41 Å². The van der Waals surface area contributed by atoms with E-state index < -0.39 is 0 Å². The summed E-state index contributed by atoms with van der Waals surface area (Å²) in [4.78, 5) is 6.12. The summed E-state index contributed by atoms with van der Waals surface area (Å²) in [5.41, 5.74) is 3.24. The lowest BCUT2D eigenvalue weighted by Crippen LogP contribution is -2.51. The number of H-pyrrole nitrogens is 1. The first-order chi connectivity index (χ1) is 9.87. The Bertz CT molecular complexity index is 591. The van der Waals surface area contributed by atoms with Gasteiger partial charge in [-0.05, 0) is 24.5 Å². The van der Waals surface area contributed by atoms with E-state index in [4.69, 9.17) is 0 Å². The highest BCUT2D eigenvalue weighted by Crippen LogP contribution is 2.46. The molecule has 1 saturated carbocycles. The molecule has 1 aromatic carbocycles. The largest absolute Gasteiger partial charge is 0.361 e. The molecule has 1 aliphatic carbocycles. The quantitative estimate of drug-likeness (QED) is 0.897. The van der Waals surface area contributed by atoms with Crippen molar-refractivity contribution in [1.29, 1.82) is 0 Å². The van der Waals surface area contributed by atoms with Crippen molar-refractivity contribution in [2.75, 3.05) is 32.7 Å². The zero-order chi connectivity index (χ0) is 13.4. The van der Waals surface area contributed by atoms with Crippen molar-refractivity contribution >= 4 is 10.9 Å². The van der Waals surface area contributed by atoms with Gasteiger partial charge >= 0.3 is 0 Å². The average molecular weight is 269 g/mol. The lowest BCUT2D eigenvalue weighted by molar-refractivity contribution is 0.129. The van der Waals surface area contributed by atoms with Gasteiger partial charge in [-0.2, -0.15) is 0 Å². The molecular formula is C17H23N3. The van der Waals surface area contributed by atoms with Crippen molar-refractivity contribution in [1.82, 2.24) is 15.2 Å². The molecule has 4 rings (SSSR count). The van der Waals surface area contributed by atoms with E-state index in [9.17, 15) is 0 Å². The smallest absolute Gasteiger partial charge is 0.0457 e. The van der Waals surface area contributed by atoms with Crippen LogP contribution in [0.2, 0.25) is 0 Å². The maximum atomic E-state index is 3.47. The number of hydrogen-bond donors (Lipinski definition) is 2. The Balaban J connectivity index is 1.66. The van der Waals surface area contributed by atoms with Crippen molar-refractivity contribution in [3.63, 3.8) is 0 Å². The van der Waals surface area contributed by atoms with Gasteiger partial charge in [-0.15, -0.1) is 0 Å². The van der Waals surface area contributed by atoms with Crippen LogP contribution in [-0.2, 0) is 5.41 Å². The van der Waals surface area contributed by atoms with Crippen LogP contribution >= 0.6 is 0 Å². The predicted molar refractivity (Wildman–Crippen MR) is 83.1 cm³/mol. The van der Waals surface area contributed by atoms with Crippen LogP contribution in [0.3, 0.4) is 0 Å². The summed E-state index contributed by atoms with van der Waals surface area (Å²) in [5.74, 6) is 0. The maximum Gasteiger partial charge on any atom is 0.0457 e. The van der Waals surface area contributed by atoms with Crippen LogP contribution in [0.15, 0.2) is 30.5 Å². The molecule has 0 amide bonds. The number of rotatable bonds is 3. The van der Waals surface area contributed by atoms with Gasteiger partial charge in [0.05, 0.1) is 0 Å². The molecule has 2 aromatic rings. The number of aromatic amines is 1. The first-order valence-corrected chi connectivity index (χ1v) is 7.87. The SMILES string of the molecule is c1ccc2c(C3(CN4CCNCC4)CCC3)c[nH]c2c1. The third kappa shape index (κ3) is 1.97. The predicted octanol–water partition coefficient (Wildman–Crippen LogP) is 2.49. The first-order valence-electron chi connectivity index (χ1n) is 7.87. The molecule has 2 aliphatic rings. The summed E-state index contributed by atoms with van der Waals surface area (Å²) in [5, 5.41) is 4.89. The summed E-state index contributed by atoms with van der Waals surface area (Å²) in [6.07, 6.45) is 6.34. The molecule has 2 N–H and O–H groups in total. The molecule has 1 aliphatic heterocycles. The first kappa shape index (κ1) is 12.4. The van der Waals surface area contributed by atoms with Crippen LogP contribution in [0.5, 0.6) is 0 Å². The van der Waals surface area contributed by atoms with E-state index in [0.717, 1.165) is 13.1 Å². The Hall–Kier alpha value is -1.32. The fourth-order valence-corrected chi connectivity index (χ4v) is 3.92. The molecule has 106 valence electrons. The van der Waals surface area contributed by atoms with Crippen molar-refractivity contribution in [3.05, 3.63) is 36.0 Å². The summed E-state index contributed by atoms with van der Waals surface area (Å²) in [6, 6.07) is 8.75. The Kier molecular flexibility index (Phi) is 3.04. The van der Waals surface area contributed by atoms with Gasteiger partial charge in [0.25, 0.3) is 0 Å². The van der Waals surface area contributed by atoms with Crippen LogP contribution in [-0.4, -0.2) is 42.6 Å². The highest BCUT2D eigenvalue weighted by atomic mass is 15.2. The van der Waals surface area contributed by atoms with Gasteiger partial charge in [0.15, 0.2) is 0 Å². The molecular weight excluding hydrogens is 246 g/mol. The Morgan fingerprint density at radius 3 is 2.65 bits per heavy atom. The summed E-state index contributed by atoms with van der Waals surface area (Å²) in [7, 11) is 0. The topological polar surface area (TPSA) is 31.1 Å². The molecule has 3 heteroatoms. The monoisotopic (exact) mass is 269 g/mol. The summed E-state index contributed by atoms with van der Waals surface area (Å²) < 4.78 is 0. The Morgan fingerprint density at radius 2 is 1.90 bits per heavy atom. The Labute approximate surface area is 120 Å². The number of piperazine rings is 1. The van der Waals surface area contributed by atoms with Gasteiger partial charge in [0.1, 0.15) is 0 Å². The van der Waals surface area contributed by atoms with Crippen LogP contribution < -0.4 is 5.32 Å². The molecule has 20 heavy (non-hydrogen) atoms. The highest BCUT2D eigenvalue weighted by Gasteiger charge is 2.41. The second-order valence-electron chi connectivity index (χ2n) is 6.41. The minimum atomic E-state index is 0.400. The molecule has 0 radical (unpaired) electrons. The standard InChI is InChI=1S/C17H23N3/c1-2-5-16-14(4-1)15(12-19-16)17(6-3-7-17)13-20-10-8-18-9-11-20/h1-2,4-5,12,18-19H,3,6-11,13H2. The van der Waals surface area contributed by atoms with E-state index in [1.807, 2.05) is 0 Å². The van der Waals surface area contributed by atoms with Gasteiger partial charge in [0, 0.05) is 55.2 Å². The van der Waals surface area contributed by atoms with E-state index in [-0.39, 0.29) is 0 Å². The van der Waals surface area contributed by atoms with Crippen molar-refractivity contribution in [3.8, 4) is 0 Å². The number of para-hydroxylation sites is 1. The summed E-state index contributed by atoms with van der Waals surface area (Å²) >= 11 is 0. The van der Waals surface area contributed by atoms with E-state index in [1.165, 1.54) is 49.8 Å². The van der Waals surface area contributed by atoms with Crippen molar-refractivity contribution in [2.24, 2.45) is 0 Å². The van der Waals surface area contributed by atoms with Crippen molar-refractivity contribution < 1.29 is 0 Å². The molecule has 1 saturated heterocycles. The fraction of sp³-hybridized carbons (Fsp3) is 0.529. The number of fused-ring (bicyclic) bond motifs is 1. The number of nitrogens with zero attached hydrogens (tertiary/aromatic N) is 1. The van der Waals surface area contributed by atoms with Gasteiger partial charge in [-0.25, -0.2) is 0 Å². The van der Waals surface area contributed by atoms with Crippen molar-refractivity contribution in [2.45, 2.75) is 24.7 Å². The van der Waals surface area contributed by atoms with Gasteiger partial charge in [-0.3, -0.25) is 4.90 Å². The molecule has 0 unspecified atom stereocenters. The van der Waals surface area contributed by atoms with Crippen LogP contribution in [0.1, 0.15) is 24.8 Å². The molecule has 0 bridgehead atoms.